The molecule has 4 nitrogen and oxygen atoms in total. The minimum Gasteiger partial charge on any atom is -0.493 e. The molecule has 0 amide bonds. The Kier molecular flexibility index (Phi) is 7.34. The van der Waals surface area contributed by atoms with Gasteiger partial charge >= 0.3 is 0 Å². The van der Waals surface area contributed by atoms with Gasteiger partial charge in [0.05, 0.1) is 7.11 Å². The molecule has 0 aromatic heterocycles. The van der Waals surface area contributed by atoms with Crippen LogP contribution in [-0.2, 0) is 13.2 Å². The summed E-state index contributed by atoms with van der Waals surface area (Å²) in [5.74, 6) is 1.48. The summed E-state index contributed by atoms with van der Waals surface area (Å²) in [5.41, 5.74) is 2.23. The van der Waals surface area contributed by atoms with E-state index < -0.39 is 0 Å². The zero-order chi connectivity index (χ0) is 18.9. The molecular formula is C22H28N2O2S. The van der Waals surface area contributed by atoms with Crippen LogP contribution in [0.4, 0.5) is 0 Å². The van der Waals surface area contributed by atoms with E-state index in [2.05, 4.69) is 10.6 Å². The van der Waals surface area contributed by atoms with Crippen LogP contribution in [0.15, 0.2) is 48.5 Å². The van der Waals surface area contributed by atoms with E-state index in [1.807, 2.05) is 48.5 Å². The molecule has 0 spiro atoms. The predicted octanol–water partition coefficient (Wildman–Crippen LogP) is 4.57. The van der Waals surface area contributed by atoms with Crippen LogP contribution in [0, 0.1) is 0 Å². The van der Waals surface area contributed by atoms with E-state index in [9.17, 15) is 0 Å². The maximum atomic E-state index is 5.91. The van der Waals surface area contributed by atoms with Crippen LogP contribution in [0.25, 0.3) is 0 Å². The fourth-order valence-electron chi connectivity index (χ4n) is 3.34. The highest BCUT2D eigenvalue weighted by molar-refractivity contribution is 7.80. The van der Waals surface area contributed by atoms with Crippen LogP contribution in [-0.4, -0.2) is 18.3 Å². The molecule has 1 fully saturated rings. The molecule has 0 heterocycles. The maximum Gasteiger partial charge on any atom is 0.166 e. The Hall–Kier alpha value is -2.27. The van der Waals surface area contributed by atoms with Gasteiger partial charge in [0.15, 0.2) is 16.6 Å². The normalized spacial score (nSPS) is 14.4. The smallest absolute Gasteiger partial charge is 0.166 e. The number of methoxy groups -OCH3 is 1. The number of nitrogens with one attached hydrogen (secondary N) is 2. The van der Waals surface area contributed by atoms with Crippen LogP contribution in [0.2, 0.25) is 0 Å². The molecular weight excluding hydrogens is 356 g/mol. The van der Waals surface area contributed by atoms with Gasteiger partial charge in [-0.05, 0) is 48.3 Å². The fraction of sp³-hybridized carbons (Fsp3) is 0.409. The first kappa shape index (κ1) is 19.5. The Morgan fingerprint density at radius 1 is 1.00 bits per heavy atom. The van der Waals surface area contributed by atoms with Gasteiger partial charge in [0.25, 0.3) is 0 Å². The number of benzene rings is 2. The van der Waals surface area contributed by atoms with Gasteiger partial charge in [0.2, 0.25) is 0 Å². The standard InChI is InChI=1S/C22H28N2O2S/c1-25-21-14-18(15-23-22(27)24-19-10-6-3-7-11-19)12-13-20(21)26-16-17-8-4-2-5-9-17/h2,4-5,8-9,12-14,19H,3,6-7,10-11,15-16H2,1H3,(H2,23,24,27). The summed E-state index contributed by atoms with van der Waals surface area (Å²) in [6.45, 7) is 1.18. The van der Waals surface area contributed by atoms with Crippen LogP contribution >= 0.6 is 12.2 Å². The van der Waals surface area contributed by atoms with Gasteiger partial charge in [0, 0.05) is 12.6 Å². The topological polar surface area (TPSA) is 42.5 Å². The number of rotatable bonds is 7. The minimum atomic E-state index is 0.516. The average molecular weight is 385 g/mol. The second-order valence-corrected chi connectivity index (χ2v) is 7.33. The van der Waals surface area contributed by atoms with Crippen LogP contribution in [0.3, 0.4) is 0 Å². The lowest BCUT2D eigenvalue weighted by Crippen LogP contribution is -2.42. The summed E-state index contributed by atoms with van der Waals surface area (Å²) in [7, 11) is 1.66. The highest BCUT2D eigenvalue weighted by atomic mass is 32.1. The third-order valence-electron chi connectivity index (χ3n) is 4.86. The van der Waals surface area contributed by atoms with Gasteiger partial charge < -0.3 is 20.1 Å². The highest BCUT2D eigenvalue weighted by Crippen LogP contribution is 2.28. The quantitative estimate of drug-likeness (QED) is 0.685. The molecule has 2 aromatic carbocycles. The van der Waals surface area contributed by atoms with Crippen LogP contribution in [0.1, 0.15) is 43.2 Å². The average Bonchev–Trinajstić information content (AvgIpc) is 2.72. The molecule has 0 bridgehead atoms. The van der Waals surface area contributed by atoms with E-state index in [0.29, 0.717) is 19.2 Å². The summed E-state index contributed by atoms with van der Waals surface area (Å²) >= 11 is 5.44. The van der Waals surface area contributed by atoms with Crippen molar-refractivity contribution in [3.63, 3.8) is 0 Å². The predicted molar refractivity (Wildman–Crippen MR) is 113 cm³/mol. The summed E-state index contributed by atoms with van der Waals surface area (Å²) < 4.78 is 11.4. The first-order valence-corrected chi connectivity index (χ1v) is 10.0. The van der Waals surface area contributed by atoms with Crippen molar-refractivity contribution in [2.45, 2.75) is 51.3 Å². The van der Waals surface area contributed by atoms with E-state index in [0.717, 1.165) is 27.7 Å². The molecule has 2 N–H and O–H groups in total. The summed E-state index contributed by atoms with van der Waals surface area (Å²) in [4.78, 5) is 0. The minimum absolute atomic E-state index is 0.516. The Morgan fingerprint density at radius 3 is 2.52 bits per heavy atom. The van der Waals surface area contributed by atoms with Crippen molar-refractivity contribution in [1.29, 1.82) is 0 Å². The molecule has 0 radical (unpaired) electrons. The first-order valence-electron chi connectivity index (χ1n) is 9.62. The molecule has 1 aliphatic rings. The van der Waals surface area contributed by atoms with Crippen LogP contribution < -0.4 is 20.1 Å². The fourth-order valence-corrected chi connectivity index (χ4v) is 3.58. The molecule has 5 heteroatoms. The van der Waals surface area contributed by atoms with Crippen molar-refractivity contribution >= 4 is 17.3 Å². The molecule has 1 aliphatic carbocycles. The lowest BCUT2D eigenvalue weighted by molar-refractivity contribution is 0.284. The van der Waals surface area contributed by atoms with Crippen molar-refractivity contribution < 1.29 is 9.47 Å². The largest absolute Gasteiger partial charge is 0.493 e. The molecule has 0 atom stereocenters. The van der Waals surface area contributed by atoms with Crippen molar-refractivity contribution in [3.8, 4) is 11.5 Å². The van der Waals surface area contributed by atoms with Gasteiger partial charge in [-0.2, -0.15) is 0 Å². The van der Waals surface area contributed by atoms with Crippen LogP contribution in [0.5, 0.6) is 11.5 Å². The molecule has 27 heavy (non-hydrogen) atoms. The highest BCUT2D eigenvalue weighted by Gasteiger charge is 2.14. The zero-order valence-electron chi connectivity index (χ0n) is 15.9. The Morgan fingerprint density at radius 2 is 1.78 bits per heavy atom. The summed E-state index contributed by atoms with van der Waals surface area (Å²) in [6, 6.07) is 16.6. The Balaban J connectivity index is 1.51. The third-order valence-corrected chi connectivity index (χ3v) is 5.12. The summed E-state index contributed by atoms with van der Waals surface area (Å²) in [5, 5.41) is 7.46. The maximum absolute atomic E-state index is 5.91. The number of ether oxygens (including phenoxy) is 2. The molecule has 1 saturated carbocycles. The molecule has 0 saturated heterocycles. The van der Waals surface area contributed by atoms with Gasteiger partial charge in [-0.3, -0.25) is 0 Å². The lowest BCUT2D eigenvalue weighted by Gasteiger charge is -2.24. The first-order chi connectivity index (χ1) is 13.2. The van der Waals surface area contributed by atoms with Crippen molar-refractivity contribution in [3.05, 3.63) is 59.7 Å². The SMILES string of the molecule is COc1cc(CNC(=S)NC2CCCCC2)ccc1OCc1ccccc1. The van der Waals surface area contributed by atoms with Gasteiger partial charge in [-0.15, -0.1) is 0 Å². The molecule has 0 aliphatic heterocycles. The Bertz CT molecular complexity index is 730. The zero-order valence-corrected chi connectivity index (χ0v) is 16.7. The molecule has 144 valence electrons. The van der Waals surface area contributed by atoms with Crippen molar-refractivity contribution in [2.75, 3.05) is 7.11 Å². The van der Waals surface area contributed by atoms with Crippen molar-refractivity contribution in [1.82, 2.24) is 10.6 Å². The molecule has 3 rings (SSSR count). The van der Waals surface area contributed by atoms with Gasteiger partial charge in [0.1, 0.15) is 6.61 Å². The van der Waals surface area contributed by atoms with E-state index in [4.69, 9.17) is 21.7 Å². The lowest BCUT2D eigenvalue weighted by atomic mass is 9.96. The number of hydrogen-bond donors (Lipinski definition) is 2. The Labute approximate surface area is 167 Å². The van der Waals surface area contributed by atoms with E-state index in [-0.39, 0.29) is 0 Å². The third kappa shape index (κ3) is 6.14. The molecule has 2 aromatic rings. The van der Waals surface area contributed by atoms with E-state index in [1.54, 1.807) is 7.11 Å². The summed E-state index contributed by atoms with van der Waals surface area (Å²) in [6.07, 6.45) is 6.35. The van der Waals surface area contributed by atoms with Gasteiger partial charge in [-0.25, -0.2) is 0 Å². The molecule has 0 unspecified atom stereocenters. The number of hydrogen-bond acceptors (Lipinski definition) is 3. The van der Waals surface area contributed by atoms with E-state index >= 15 is 0 Å². The second-order valence-electron chi connectivity index (χ2n) is 6.92. The number of thiocarbonyl (C=S) groups is 1. The van der Waals surface area contributed by atoms with Crippen molar-refractivity contribution in [2.24, 2.45) is 0 Å². The van der Waals surface area contributed by atoms with Gasteiger partial charge in [-0.1, -0.05) is 55.7 Å². The monoisotopic (exact) mass is 384 g/mol. The second kappa shape index (κ2) is 10.2. The van der Waals surface area contributed by atoms with E-state index in [1.165, 1.54) is 32.1 Å².